The van der Waals surface area contributed by atoms with Gasteiger partial charge in [0, 0.05) is 5.56 Å². The van der Waals surface area contributed by atoms with Gasteiger partial charge in [0.1, 0.15) is 0 Å². The summed E-state index contributed by atoms with van der Waals surface area (Å²) < 4.78 is 42.3. The number of hydrogen-bond acceptors (Lipinski definition) is 3. The fourth-order valence-corrected chi connectivity index (χ4v) is 1.90. The molecule has 2 aromatic carbocycles. The van der Waals surface area contributed by atoms with Crippen molar-refractivity contribution >= 4 is 11.9 Å². The number of benzene rings is 2. The Morgan fingerprint density at radius 1 is 1.13 bits per heavy atom. The van der Waals surface area contributed by atoms with Gasteiger partial charge in [0.2, 0.25) is 0 Å². The van der Waals surface area contributed by atoms with Gasteiger partial charge in [-0.25, -0.2) is 0 Å². The summed E-state index contributed by atoms with van der Waals surface area (Å²) in [4.78, 5) is 11.9. The third-order valence-electron chi connectivity index (χ3n) is 3.13. The zero-order valence-electron chi connectivity index (χ0n) is 12.1. The lowest BCUT2D eigenvalue weighted by molar-refractivity contribution is -0.137. The van der Waals surface area contributed by atoms with E-state index in [1.807, 2.05) is 0 Å². The highest BCUT2D eigenvalue weighted by atomic mass is 19.4. The lowest BCUT2D eigenvalue weighted by atomic mass is 10.1. The fourth-order valence-electron chi connectivity index (χ4n) is 1.90. The third-order valence-corrected chi connectivity index (χ3v) is 3.13. The molecule has 0 bridgehead atoms. The van der Waals surface area contributed by atoms with Gasteiger partial charge >= 0.3 is 6.18 Å². The van der Waals surface area contributed by atoms with Crippen molar-refractivity contribution in [3.63, 3.8) is 0 Å². The second-order valence-corrected chi connectivity index (χ2v) is 4.70. The molecule has 0 heterocycles. The van der Waals surface area contributed by atoms with Crippen LogP contribution in [-0.4, -0.2) is 18.0 Å². The quantitative estimate of drug-likeness (QED) is 0.674. The van der Waals surface area contributed by atoms with Gasteiger partial charge in [0.15, 0.2) is 17.3 Å². The predicted molar refractivity (Wildman–Crippen MR) is 79.5 cm³/mol. The molecular formula is C17H13F3O3. The topological polar surface area (TPSA) is 46.5 Å². The molecule has 2 rings (SSSR count). The molecule has 0 amide bonds. The SMILES string of the molecule is COc1ccc(C=CC(=O)c2ccc(C(F)(F)F)cc2)cc1O. The van der Waals surface area contributed by atoms with Gasteiger partial charge in [0.05, 0.1) is 12.7 Å². The molecule has 2 aromatic rings. The molecule has 6 heteroatoms. The standard InChI is InChI=1S/C17H13F3O3/c1-23-16-9-3-11(10-15(16)22)2-8-14(21)12-4-6-13(7-5-12)17(18,19)20/h2-10,22H,1H3. The van der Waals surface area contributed by atoms with E-state index >= 15 is 0 Å². The normalized spacial score (nSPS) is 11.7. The van der Waals surface area contributed by atoms with E-state index in [1.54, 1.807) is 6.07 Å². The Morgan fingerprint density at radius 3 is 2.30 bits per heavy atom. The van der Waals surface area contributed by atoms with E-state index in [9.17, 15) is 23.1 Å². The molecule has 0 fully saturated rings. The summed E-state index contributed by atoms with van der Waals surface area (Å²) in [5.74, 6) is -0.207. The average Bonchev–Trinajstić information content (AvgIpc) is 2.52. The highest BCUT2D eigenvalue weighted by Crippen LogP contribution is 2.29. The summed E-state index contributed by atoms with van der Waals surface area (Å²) in [6.07, 6.45) is -1.75. The molecule has 120 valence electrons. The fraction of sp³-hybridized carbons (Fsp3) is 0.118. The first kappa shape index (κ1) is 16.6. The molecule has 1 N–H and O–H groups in total. The van der Waals surface area contributed by atoms with E-state index in [2.05, 4.69) is 0 Å². The molecule has 23 heavy (non-hydrogen) atoms. The van der Waals surface area contributed by atoms with Crippen LogP contribution in [0.15, 0.2) is 48.5 Å². The minimum absolute atomic E-state index is 0.0726. The van der Waals surface area contributed by atoms with E-state index in [0.717, 1.165) is 24.3 Å². The third kappa shape index (κ3) is 4.12. The van der Waals surface area contributed by atoms with Crippen molar-refractivity contribution < 1.29 is 27.8 Å². The van der Waals surface area contributed by atoms with Crippen LogP contribution in [0.1, 0.15) is 21.5 Å². The molecule has 0 radical (unpaired) electrons. The van der Waals surface area contributed by atoms with Crippen molar-refractivity contribution in [2.75, 3.05) is 7.11 Å². The number of carbonyl (C=O) groups is 1. The molecule has 0 saturated carbocycles. The van der Waals surface area contributed by atoms with E-state index in [-0.39, 0.29) is 11.3 Å². The number of aromatic hydroxyl groups is 1. The zero-order valence-corrected chi connectivity index (χ0v) is 12.1. The molecule has 0 spiro atoms. The van der Waals surface area contributed by atoms with Crippen LogP contribution < -0.4 is 4.74 Å². The van der Waals surface area contributed by atoms with Gasteiger partial charge in [-0.3, -0.25) is 4.79 Å². The maximum Gasteiger partial charge on any atom is 0.416 e. The molecule has 0 atom stereocenters. The predicted octanol–water partition coefficient (Wildman–Crippen LogP) is 4.32. The Balaban J connectivity index is 2.13. The Morgan fingerprint density at radius 2 is 1.78 bits per heavy atom. The van der Waals surface area contributed by atoms with Gasteiger partial charge in [0.25, 0.3) is 0 Å². The van der Waals surface area contributed by atoms with Crippen molar-refractivity contribution in [2.45, 2.75) is 6.18 Å². The highest BCUT2D eigenvalue weighted by molar-refractivity contribution is 6.06. The minimum Gasteiger partial charge on any atom is -0.504 e. The number of halogens is 3. The number of rotatable bonds is 4. The number of phenolic OH excluding ortho intramolecular Hbond substituents is 1. The zero-order chi connectivity index (χ0) is 17.0. The number of ketones is 1. The van der Waals surface area contributed by atoms with Gasteiger partial charge in [-0.2, -0.15) is 13.2 Å². The Hall–Kier alpha value is -2.76. The van der Waals surface area contributed by atoms with E-state index in [4.69, 9.17) is 4.74 Å². The smallest absolute Gasteiger partial charge is 0.416 e. The van der Waals surface area contributed by atoms with Crippen LogP contribution in [0.5, 0.6) is 11.5 Å². The first-order valence-electron chi connectivity index (χ1n) is 6.58. The van der Waals surface area contributed by atoms with E-state index in [0.29, 0.717) is 11.3 Å². The van der Waals surface area contributed by atoms with E-state index in [1.165, 1.54) is 31.4 Å². The van der Waals surface area contributed by atoms with Gasteiger partial charge in [-0.05, 0) is 35.9 Å². The Bertz CT molecular complexity index is 732. The van der Waals surface area contributed by atoms with Crippen molar-refractivity contribution in [1.82, 2.24) is 0 Å². The largest absolute Gasteiger partial charge is 0.504 e. The maximum absolute atomic E-state index is 12.5. The lowest BCUT2D eigenvalue weighted by Gasteiger charge is -2.06. The van der Waals surface area contributed by atoms with Crippen LogP contribution in [0.2, 0.25) is 0 Å². The Kier molecular flexibility index (Phi) is 4.74. The lowest BCUT2D eigenvalue weighted by Crippen LogP contribution is -2.05. The average molecular weight is 322 g/mol. The number of phenols is 1. The summed E-state index contributed by atoms with van der Waals surface area (Å²) in [6, 6.07) is 8.56. The molecule has 0 saturated heterocycles. The summed E-state index contributed by atoms with van der Waals surface area (Å²) in [7, 11) is 1.42. The molecule has 0 unspecified atom stereocenters. The van der Waals surface area contributed by atoms with Crippen molar-refractivity contribution in [3.05, 3.63) is 65.2 Å². The van der Waals surface area contributed by atoms with Crippen LogP contribution in [-0.2, 0) is 6.18 Å². The van der Waals surface area contributed by atoms with E-state index < -0.39 is 17.5 Å². The first-order valence-corrected chi connectivity index (χ1v) is 6.58. The van der Waals surface area contributed by atoms with Crippen LogP contribution in [0, 0.1) is 0 Å². The van der Waals surface area contributed by atoms with Crippen LogP contribution in [0.25, 0.3) is 6.08 Å². The second kappa shape index (κ2) is 6.56. The number of hydrogen-bond donors (Lipinski definition) is 1. The number of allylic oxidation sites excluding steroid dienone is 1. The molecule has 0 aliphatic carbocycles. The van der Waals surface area contributed by atoms with Gasteiger partial charge in [-0.1, -0.05) is 24.3 Å². The molecule has 0 aliphatic heterocycles. The summed E-state index contributed by atoms with van der Waals surface area (Å²) >= 11 is 0. The maximum atomic E-state index is 12.5. The molecular weight excluding hydrogens is 309 g/mol. The molecule has 0 aliphatic rings. The van der Waals surface area contributed by atoms with Crippen molar-refractivity contribution in [3.8, 4) is 11.5 Å². The van der Waals surface area contributed by atoms with Crippen molar-refractivity contribution in [2.24, 2.45) is 0 Å². The summed E-state index contributed by atoms with van der Waals surface area (Å²) in [5.41, 5.74) is -0.103. The van der Waals surface area contributed by atoms with Gasteiger partial charge < -0.3 is 9.84 Å². The Labute approximate surface area is 130 Å². The molecule has 3 nitrogen and oxygen atoms in total. The first-order chi connectivity index (χ1) is 10.8. The van der Waals surface area contributed by atoms with Gasteiger partial charge in [-0.15, -0.1) is 0 Å². The number of carbonyl (C=O) groups excluding carboxylic acids is 1. The molecule has 0 aromatic heterocycles. The summed E-state index contributed by atoms with van der Waals surface area (Å²) in [5, 5.41) is 9.63. The van der Waals surface area contributed by atoms with Crippen LogP contribution in [0.4, 0.5) is 13.2 Å². The summed E-state index contributed by atoms with van der Waals surface area (Å²) in [6.45, 7) is 0. The number of alkyl halides is 3. The van der Waals surface area contributed by atoms with Crippen molar-refractivity contribution in [1.29, 1.82) is 0 Å². The monoisotopic (exact) mass is 322 g/mol. The number of methoxy groups -OCH3 is 1. The number of ether oxygens (including phenoxy) is 1. The minimum atomic E-state index is -4.43. The van der Waals surface area contributed by atoms with Crippen LogP contribution in [0.3, 0.4) is 0 Å². The van der Waals surface area contributed by atoms with Crippen LogP contribution >= 0.6 is 0 Å². The second-order valence-electron chi connectivity index (χ2n) is 4.70. The highest BCUT2D eigenvalue weighted by Gasteiger charge is 2.30.